The van der Waals surface area contributed by atoms with Crippen LogP contribution in [0.25, 0.3) is 0 Å². The van der Waals surface area contributed by atoms with E-state index in [0.29, 0.717) is 29.5 Å². The minimum absolute atomic E-state index is 0.204. The monoisotopic (exact) mass is 374 g/mol. The summed E-state index contributed by atoms with van der Waals surface area (Å²) in [6, 6.07) is 16.2. The van der Waals surface area contributed by atoms with Gasteiger partial charge >= 0.3 is 0 Å². The Balaban J connectivity index is 1.60. The minimum Gasteiger partial charge on any atom is -0.493 e. The molecular formula is C20H23ClN2O3. The maximum Gasteiger partial charge on any atom is 0.120 e. The van der Waals surface area contributed by atoms with Crippen molar-refractivity contribution in [2.45, 2.75) is 12.5 Å². The zero-order chi connectivity index (χ0) is 18.8. The number of likely N-dealkylation sites (N-methyl/N-ethyl adjacent to an activating group) is 1. The summed E-state index contributed by atoms with van der Waals surface area (Å²) < 4.78 is 11.2. The van der Waals surface area contributed by atoms with Crippen LogP contribution in [0.1, 0.15) is 12.0 Å². The quantitative estimate of drug-likeness (QED) is 0.646. The minimum atomic E-state index is -0.593. The van der Waals surface area contributed by atoms with E-state index in [9.17, 15) is 5.11 Å². The number of halogens is 1. The van der Waals surface area contributed by atoms with Crippen LogP contribution in [0.3, 0.4) is 0 Å². The molecule has 0 amide bonds. The third-order valence-corrected chi connectivity index (χ3v) is 3.93. The third-order valence-electron chi connectivity index (χ3n) is 3.70. The van der Waals surface area contributed by atoms with Crippen LogP contribution in [0, 0.1) is 11.3 Å². The van der Waals surface area contributed by atoms with Crippen molar-refractivity contribution in [2.75, 3.05) is 33.4 Å². The van der Waals surface area contributed by atoms with Gasteiger partial charge in [0.2, 0.25) is 0 Å². The molecule has 0 aliphatic heterocycles. The topological polar surface area (TPSA) is 65.7 Å². The van der Waals surface area contributed by atoms with Gasteiger partial charge in [-0.15, -0.1) is 0 Å². The Morgan fingerprint density at radius 2 is 1.92 bits per heavy atom. The normalized spacial score (nSPS) is 11.8. The molecule has 2 aromatic carbocycles. The Morgan fingerprint density at radius 1 is 1.15 bits per heavy atom. The van der Waals surface area contributed by atoms with E-state index in [1.807, 2.05) is 30.1 Å². The second-order valence-electron chi connectivity index (χ2n) is 6.02. The van der Waals surface area contributed by atoms with Crippen molar-refractivity contribution in [1.29, 1.82) is 5.26 Å². The van der Waals surface area contributed by atoms with Gasteiger partial charge in [-0.2, -0.15) is 5.26 Å². The lowest BCUT2D eigenvalue weighted by molar-refractivity contribution is 0.0748. The van der Waals surface area contributed by atoms with E-state index in [1.54, 1.807) is 30.3 Å². The molecule has 2 aromatic rings. The number of hydrogen-bond acceptors (Lipinski definition) is 5. The van der Waals surface area contributed by atoms with E-state index >= 15 is 0 Å². The Labute approximate surface area is 159 Å². The van der Waals surface area contributed by atoms with E-state index in [1.165, 1.54) is 0 Å². The highest BCUT2D eigenvalue weighted by atomic mass is 35.5. The summed E-state index contributed by atoms with van der Waals surface area (Å²) in [5.41, 5.74) is 0.581. The first kappa shape index (κ1) is 20.1. The fourth-order valence-electron chi connectivity index (χ4n) is 2.40. The third kappa shape index (κ3) is 7.32. The summed E-state index contributed by atoms with van der Waals surface area (Å²) in [7, 11) is 1.95. The number of hydrogen-bond donors (Lipinski definition) is 1. The van der Waals surface area contributed by atoms with Gasteiger partial charge in [0.1, 0.15) is 24.2 Å². The SMILES string of the molecule is CN(CCCOc1cccc(Cl)c1)CC(O)COc1ccc(C#N)cc1. The highest BCUT2D eigenvalue weighted by Gasteiger charge is 2.09. The van der Waals surface area contributed by atoms with Crippen molar-refractivity contribution in [2.24, 2.45) is 0 Å². The van der Waals surface area contributed by atoms with Gasteiger partial charge in [-0.3, -0.25) is 0 Å². The molecule has 1 atom stereocenters. The molecule has 0 aliphatic rings. The second kappa shape index (κ2) is 10.7. The number of nitriles is 1. The van der Waals surface area contributed by atoms with Gasteiger partial charge in [-0.1, -0.05) is 17.7 Å². The van der Waals surface area contributed by atoms with Crippen molar-refractivity contribution < 1.29 is 14.6 Å². The standard InChI is InChI=1S/C20H23ClN2O3/c1-23(10-3-11-25-20-5-2-4-17(21)12-20)14-18(24)15-26-19-8-6-16(13-22)7-9-19/h2,4-9,12,18,24H,3,10-11,14-15H2,1H3. The van der Waals surface area contributed by atoms with Crippen molar-refractivity contribution in [3.63, 3.8) is 0 Å². The molecule has 0 fully saturated rings. The lowest BCUT2D eigenvalue weighted by Crippen LogP contribution is -2.34. The summed E-state index contributed by atoms with van der Waals surface area (Å²) >= 11 is 5.91. The molecule has 2 rings (SSSR count). The lowest BCUT2D eigenvalue weighted by atomic mass is 10.2. The molecule has 1 N–H and O–H groups in total. The van der Waals surface area contributed by atoms with E-state index in [4.69, 9.17) is 26.3 Å². The largest absolute Gasteiger partial charge is 0.493 e. The molecule has 5 nitrogen and oxygen atoms in total. The zero-order valence-electron chi connectivity index (χ0n) is 14.8. The van der Waals surface area contributed by atoms with Crippen LogP contribution in [-0.2, 0) is 0 Å². The summed E-state index contributed by atoms with van der Waals surface area (Å²) in [4.78, 5) is 2.04. The van der Waals surface area contributed by atoms with Crippen LogP contribution < -0.4 is 9.47 Å². The highest BCUT2D eigenvalue weighted by Crippen LogP contribution is 2.17. The van der Waals surface area contributed by atoms with Crippen molar-refractivity contribution in [3.05, 3.63) is 59.1 Å². The fraction of sp³-hybridized carbons (Fsp3) is 0.350. The maximum atomic E-state index is 10.1. The van der Waals surface area contributed by atoms with Crippen LogP contribution in [0.5, 0.6) is 11.5 Å². The molecule has 0 bridgehead atoms. The number of aliphatic hydroxyl groups excluding tert-OH is 1. The Bertz CT molecular complexity index is 716. The van der Waals surface area contributed by atoms with Crippen molar-refractivity contribution in [3.8, 4) is 17.6 Å². The van der Waals surface area contributed by atoms with Crippen LogP contribution in [0.15, 0.2) is 48.5 Å². The van der Waals surface area contributed by atoms with Crippen LogP contribution in [-0.4, -0.2) is 49.5 Å². The molecule has 6 heteroatoms. The molecule has 0 heterocycles. The smallest absolute Gasteiger partial charge is 0.120 e. The number of benzene rings is 2. The average Bonchev–Trinajstić information content (AvgIpc) is 2.64. The fourth-order valence-corrected chi connectivity index (χ4v) is 2.58. The van der Waals surface area contributed by atoms with Gasteiger partial charge in [-0.05, 0) is 55.9 Å². The number of rotatable bonds is 10. The Morgan fingerprint density at radius 3 is 2.62 bits per heavy atom. The molecule has 0 radical (unpaired) electrons. The zero-order valence-corrected chi connectivity index (χ0v) is 15.5. The maximum absolute atomic E-state index is 10.1. The molecule has 0 aromatic heterocycles. The van der Waals surface area contributed by atoms with E-state index in [2.05, 4.69) is 6.07 Å². The van der Waals surface area contributed by atoms with Gasteiger partial charge in [0.25, 0.3) is 0 Å². The van der Waals surface area contributed by atoms with E-state index < -0.39 is 6.10 Å². The van der Waals surface area contributed by atoms with E-state index in [-0.39, 0.29) is 6.61 Å². The lowest BCUT2D eigenvalue weighted by Gasteiger charge is -2.20. The summed E-state index contributed by atoms with van der Waals surface area (Å²) in [6.45, 7) is 2.10. The molecule has 138 valence electrons. The summed E-state index contributed by atoms with van der Waals surface area (Å²) in [5.74, 6) is 1.40. The highest BCUT2D eigenvalue weighted by molar-refractivity contribution is 6.30. The summed E-state index contributed by atoms with van der Waals surface area (Å²) in [6.07, 6.45) is 0.246. The molecule has 1 unspecified atom stereocenters. The summed E-state index contributed by atoms with van der Waals surface area (Å²) in [5, 5.41) is 19.5. The predicted molar refractivity (Wildman–Crippen MR) is 102 cm³/mol. The number of nitrogens with zero attached hydrogens (tertiary/aromatic N) is 2. The molecule has 0 saturated carbocycles. The van der Waals surface area contributed by atoms with Crippen LogP contribution >= 0.6 is 11.6 Å². The predicted octanol–water partition coefficient (Wildman–Crippen LogP) is 3.35. The number of aliphatic hydroxyl groups is 1. The Kier molecular flexibility index (Phi) is 8.23. The molecular weight excluding hydrogens is 352 g/mol. The first-order valence-electron chi connectivity index (χ1n) is 8.45. The van der Waals surface area contributed by atoms with Gasteiger partial charge in [0.15, 0.2) is 0 Å². The molecule has 0 aliphatic carbocycles. The number of ether oxygens (including phenoxy) is 2. The van der Waals surface area contributed by atoms with Gasteiger partial charge in [0, 0.05) is 18.1 Å². The van der Waals surface area contributed by atoms with Gasteiger partial charge in [0.05, 0.1) is 18.2 Å². The second-order valence-corrected chi connectivity index (χ2v) is 6.46. The van der Waals surface area contributed by atoms with Crippen LogP contribution in [0.4, 0.5) is 0 Å². The Hall–Kier alpha value is -2.26. The van der Waals surface area contributed by atoms with Crippen LogP contribution in [0.2, 0.25) is 5.02 Å². The molecule has 26 heavy (non-hydrogen) atoms. The van der Waals surface area contributed by atoms with Crippen molar-refractivity contribution in [1.82, 2.24) is 4.90 Å². The van der Waals surface area contributed by atoms with Gasteiger partial charge in [-0.25, -0.2) is 0 Å². The van der Waals surface area contributed by atoms with Gasteiger partial charge < -0.3 is 19.5 Å². The molecule has 0 spiro atoms. The van der Waals surface area contributed by atoms with Crippen molar-refractivity contribution >= 4 is 11.6 Å². The van der Waals surface area contributed by atoms with E-state index in [0.717, 1.165) is 18.7 Å². The first-order chi connectivity index (χ1) is 12.6. The molecule has 0 saturated heterocycles. The first-order valence-corrected chi connectivity index (χ1v) is 8.82. The average molecular weight is 375 g/mol.